The zero-order valence-corrected chi connectivity index (χ0v) is 9.20. The molecule has 0 aromatic heterocycles. The number of aldehydes is 1. The standard InChI is InChI=1S/C12H18O3/c1-14-10-15-12(8-5-9-13)11-6-3-2-4-7-11/h9,11-12H,2-4,6-7,10H2,1H3. The van der Waals surface area contributed by atoms with Gasteiger partial charge in [-0.1, -0.05) is 25.2 Å². The first-order chi connectivity index (χ1) is 7.38. The minimum atomic E-state index is -0.143. The van der Waals surface area contributed by atoms with E-state index >= 15 is 0 Å². The van der Waals surface area contributed by atoms with E-state index in [1.807, 2.05) is 0 Å². The van der Waals surface area contributed by atoms with Gasteiger partial charge >= 0.3 is 0 Å². The summed E-state index contributed by atoms with van der Waals surface area (Å²) in [6.45, 7) is 0.245. The van der Waals surface area contributed by atoms with Crippen LogP contribution in [0.4, 0.5) is 0 Å². The third-order valence-electron chi connectivity index (χ3n) is 2.73. The summed E-state index contributed by atoms with van der Waals surface area (Å²) in [6, 6.07) is 0. The van der Waals surface area contributed by atoms with Gasteiger partial charge in [0.05, 0.1) is 0 Å². The second-order valence-corrected chi connectivity index (χ2v) is 3.80. The van der Waals surface area contributed by atoms with Gasteiger partial charge in [-0.05, 0) is 24.7 Å². The van der Waals surface area contributed by atoms with Crippen LogP contribution in [0.25, 0.3) is 0 Å². The Hall–Kier alpha value is -0.850. The van der Waals surface area contributed by atoms with Crippen molar-refractivity contribution in [2.75, 3.05) is 13.9 Å². The predicted octanol–water partition coefficient (Wildman–Crippen LogP) is 1.76. The van der Waals surface area contributed by atoms with Crippen molar-refractivity contribution < 1.29 is 14.3 Å². The number of carbonyl (C=O) groups is 1. The average Bonchev–Trinajstić information content (AvgIpc) is 2.30. The maximum Gasteiger partial charge on any atom is 0.192 e. The van der Waals surface area contributed by atoms with Crippen LogP contribution >= 0.6 is 0 Å². The zero-order valence-electron chi connectivity index (χ0n) is 9.20. The molecule has 1 aliphatic carbocycles. The number of hydrogen-bond donors (Lipinski definition) is 0. The summed E-state index contributed by atoms with van der Waals surface area (Å²) in [5, 5.41) is 0. The Morgan fingerprint density at radius 2 is 2.13 bits per heavy atom. The van der Waals surface area contributed by atoms with Crippen LogP contribution < -0.4 is 0 Å². The minimum Gasteiger partial charge on any atom is -0.359 e. The third kappa shape index (κ3) is 4.46. The van der Waals surface area contributed by atoms with Crippen molar-refractivity contribution in [3.8, 4) is 11.8 Å². The third-order valence-corrected chi connectivity index (χ3v) is 2.73. The van der Waals surface area contributed by atoms with E-state index in [4.69, 9.17) is 9.47 Å². The Balaban J connectivity index is 2.48. The molecule has 1 unspecified atom stereocenters. The highest BCUT2D eigenvalue weighted by molar-refractivity contribution is 5.72. The van der Waals surface area contributed by atoms with E-state index < -0.39 is 0 Å². The fraction of sp³-hybridized carbons (Fsp3) is 0.750. The highest BCUT2D eigenvalue weighted by atomic mass is 16.7. The summed E-state index contributed by atoms with van der Waals surface area (Å²) in [7, 11) is 1.59. The van der Waals surface area contributed by atoms with Crippen LogP contribution in [0.15, 0.2) is 0 Å². The van der Waals surface area contributed by atoms with Gasteiger partial charge in [0.15, 0.2) is 6.29 Å². The van der Waals surface area contributed by atoms with Crippen molar-refractivity contribution in [1.29, 1.82) is 0 Å². The molecule has 84 valence electrons. The van der Waals surface area contributed by atoms with Crippen LogP contribution in [0, 0.1) is 17.8 Å². The zero-order chi connectivity index (χ0) is 10.9. The molecule has 1 rings (SSSR count). The highest BCUT2D eigenvalue weighted by Gasteiger charge is 2.22. The van der Waals surface area contributed by atoms with Gasteiger partial charge in [0.1, 0.15) is 12.9 Å². The first-order valence-corrected chi connectivity index (χ1v) is 5.43. The quantitative estimate of drug-likeness (QED) is 0.403. The van der Waals surface area contributed by atoms with Crippen LogP contribution in [-0.2, 0) is 14.3 Å². The normalized spacial score (nSPS) is 19.0. The van der Waals surface area contributed by atoms with E-state index in [1.54, 1.807) is 7.11 Å². The van der Waals surface area contributed by atoms with Gasteiger partial charge in [-0.15, -0.1) is 0 Å². The summed E-state index contributed by atoms with van der Waals surface area (Å²) in [5.41, 5.74) is 0. The molecule has 1 saturated carbocycles. The Kier molecular flexibility index (Phi) is 6.06. The number of hydrogen-bond acceptors (Lipinski definition) is 3. The van der Waals surface area contributed by atoms with Gasteiger partial charge in [0, 0.05) is 7.11 Å². The Morgan fingerprint density at radius 1 is 1.40 bits per heavy atom. The van der Waals surface area contributed by atoms with Crippen molar-refractivity contribution in [1.82, 2.24) is 0 Å². The molecule has 15 heavy (non-hydrogen) atoms. The van der Waals surface area contributed by atoms with E-state index in [2.05, 4.69) is 11.8 Å². The molecular weight excluding hydrogens is 192 g/mol. The van der Waals surface area contributed by atoms with Gasteiger partial charge in [-0.2, -0.15) is 0 Å². The van der Waals surface area contributed by atoms with E-state index in [-0.39, 0.29) is 12.9 Å². The maximum atomic E-state index is 10.2. The number of carbonyl (C=O) groups excluding carboxylic acids is 1. The topological polar surface area (TPSA) is 35.5 Å². The lowest BCUT2D eigenvalue weighted by Gasteiger charge is -2.26. The minimum absolute atomic E-state index is 0.143. The Morgan fingerprint density at radius 3 is 2.73 bits per heavy atom. The van der Waals surface area contributed by atoms with Crippen molar-refractivity contribution in [3.63, 3.8) is 0 Å². The lowest BCUT2D eigenvalue weighted by atomic mass is 9.85. The highest BCUT2D eigenvalue weighted by Crippen LogP contribution is 2.27. The van der Waals surface area contributed by atoms with Crippen molar-refractivity contribution in [2.45, 2.75) is 38.2 Å². The summed E-state index contributed by atoms with van der Waals surface area (Å²) in [5.74, 6) is 5.76. The second-order valence-electron chi connectivity index (χ2n) is 3.80. The first-order valence-electron chi connectivity index (χ1n) is 5.43. The summed E-state index contributed by atoms with van der Waals surface area (Å²) < 4.78 is 10.3. The van der Waals surface area contributed by atoms with Gasteiger partial charge < -0.3 is 9.47 Å². The largest absolute Gasteiger partial charge is 0.359 e. The molecule has 0 heterocycles. The van der Waals surface area contributed by atoms with Crippen LogP contribution in [0.2, 0.25) is 0 Å². The SMILES string of the molecule is COCOC(C#CC=O)C1CCCCC1. The molecule has 0 aliphatic heterocycles. The predicted molar refractivity (Wildman–Crippen MR) is 57.2 cm³/mol. The molecule has 0 amide bonds. The molecule has 0 radical (unpaired) electrons. The number of rotatable bonds is 4. The summed E-state index contributed by atoms with van der Waals surface area (Å²) >= 11 is 0. The molecule has 0 bridgehead atoms. The molecule has 3 nitrogen and oxygen atoms in total. The van der Waals surface area contributed by atoms with Gasteiger partial charge in [-0.25, -0.2) is 0 Å². The summed E-state index contributed by atoms with van der Waals surface area (Å²) in [4.78, 5) is 10.2. The van der Waals surface area contributed by atoms with Crippen LogP contribution in [0.1, 0.15) is 32.1 Å². The maximum absolute atomic E-state index is 10.2. The smallest absolute Gasteiger partial charge is 0.192 e. The van der Waals surface area contributed by atoms with Crippen molar-refractivity contribution in [2.24, 2.45) is 5.92 Å². The van der Waals surface area contributed by atoms with E-state index in [0.717, 1.165) is 12.8 Å². The Labute approximate surface area is 91.1 Å². The van der Waals surface area contributed by atoms with Crippen molar-refractivity contribution >= 4 is 6.29 Å². The average molecular weight is 210 g/mol. The molecule has 1 aliphatic rings. The monoisotopic (exact) mass is 210 g/mol. The van der Waals surface area contributed by atoms with E-state index in [0.29, 0.717) is 12.2 Å². The van der Waals surface area contributed by atoms with Crippen molar-refractivity contribution in [3.05, 3.63) is 0 Å². The number of methoxy groups -OCH3 is 1. The summed E-state index contributed by atoms with van der Waals surface area (Å²) in [6.07, 6.45) is 6.53. The lowest BCUT2D eigenvalue weighted by Crippen LogP contribution is -2.25. The van der Waals surface area contributed by atoms with Crippen LogP contribution in [0.3, 0.4) is 0 Å². The molecule has 0 aromatic rings. The lowest BCUT2D eigenvalue weighted by molar-refractivity contribution is -0.103. The van der Waals surface area contributed by atoms with Gasteiger partial charge in [0.2, 0.25) is 0 Å². The fourth-order valence-corrected chi connectivity index (χ4v) is 1.99. The van der Waals surface area contributed by atoms with Gasteiger partial charge in [0.25, 0.3) is 0 Å². The molecule has 3 heteroatoms. The van der Waals surface area contributed by atoms with E-state index in [9.17, 15) is 4.79 Å². The van der Waals surface area contributed by atoms with E-state index in [1.165, 1.54) is 19.3 Å². The van der Waals surface area contributed by atoms with Crippen LogP contribution in [-0.4, -0.2) is 26.3 Å². The molecule has 1 atom stereocenters. The molecule has 1 fully saturated rings. The second kappa shape index (κ2) is 7.44. The molecule has 0 aromatic carbocycles. The molecule has 0 spiro atoms. The molecule has 0 N–H and O–H groups in total. The first kappa shape index (κ1) is 12.2. The van der Waals surface area contributed by atoms with Crippen LogP contribution in [0.5, 0.6) is 0 Å². The molecular formula is C12H18O3. The molecule has 0 saturated heterocycles. The Bertz CT molecular complexity index is 233. The van der Waals surface area contributed by atoms with Gasteiger partial charge in [-0.3, -0.25) is 4.79 Å². The number of ether oxygens (including phenoxy) is 2. The fourth-order valence-electron chi connectivity index (χ4n) is 1.99.